The summed E-state index contributed by atoms with van der Waals surface area (Å²) in [5.74, 6) is 0.282. The molecule has 1 atom stereocenters. The lowest BCUT2D eigenvalue weighted by Gasteiger charge is -2.38. The molecule has 10 rings (SSSR count). The van der Waals surface area contributed by atoms with Gasteiger partial charge in [-0.05, 0) is 131 Å². The largest absolute Gasteiger partial charge is 0.508 e. The number of rotatable bonds is 7. The minimum atomic E-state index is -0.626. The van der Waals surface area contributed by atoms with Crippen LogP contribution in [0.3, 0.4) is 0 Å². The van der Waals surface area contributed by atoms with Crippen molar-refractivity contribution >= 4 is 40.1 Å². The van der Waals surface area contributed by atoms with E-state index >= 15 is 0 Å². The maximum absolute atomic E-state index is 13.8. The van der Waals surface area contributed by atoms with Crippen LogP contribution < -0.4 is 10.2 Å². The van der Waals surface area contributed by atoms with Gasteiger partial charge in [-0.25, -0.2) is 0 Å². The van der Waals surface area contributed by atoms with E-state index in [-0.39, 0.29) is 35.8 Å². The van der Waals surface area contributed by atoms with Crippen molar-refractivity contribution < 1.29 is 24.3 Å². The number of phenols is 1. The highest BCUT2D eigenvalue weighted by Crippen LogP contribution is 2.40. The number of fused-ring (bicyclic) bond motifs is 3. The van der Waals surface area contributed by atoms with Gasteiger partial charge in [-0.15, -0.1) is 0 Å². The average Bonchev–Trinajstić information content (AvgIpc) is 3.82. The first-order valence-corrected chi connectivity index (χ1v) is 21.2. The average molecular weight is 788 g/mol. The van der Waals surface area contributed by atoms with Gasteiger partial charge >= 0.3 is 0 Å². The van der Waals surface area contributed by atoms with Gasteiger partial charge in [-0.3, -0.25) is 24.5 Å². The van der Waals surface area contributed by atoms with Crippen molar-refractivity contribution in [2.24, 2.45) is 11.8 Å². The number of nitrogens with one attached hydrogen (secondary N) is 1. The predicted molar refractivity (Wildman–Crippen MR) is 227 cm³/mol. The molecular weight excluding hydrogens is 739 g/mol. The van der Waals surface area contributed by atoms with Gasteiger partial charge in [-0.2, -0.15) is 0 Å². The molecule has 10 heteroatoms. The number of anilines is 1. The molecule has 0 spiro atoms. The van der Waals surface area contributed by atoms with Crippen molar-refractivity contribution in [1.29, 1.82) is 0 Å². The molecule has 2 N–H and O–H groups in total. The van der Waals surface area contributed by atoms with Crippen LogP contribution in [0.5, 0.6) is 5.75 Å². The summed E-state index contributed by atoms with van der Waals surface area (Å²) in [6.07, 6.45) is 4.62. The predicted octanol–water partition coefficient (Wildman–Crippen LogP) is 7.11. The Balaban J connectivity index is 0.714. The molecule has 3 fully saturated rings. The van der Waals surface area contributed by atoms with E-state index < -0.39 is 11.9 Å². The third-order valence-corrected chi connectivity index (χ3v) is 13.6. The molecule has 5 aromatic carbocycles. The number of nitrogens with zero attached hydrogens (tertiary/aromatic N) is 4. The lowest BCUT2D eigenvalue weighted by atomic mass is 9.89. The molecule has 5 heterocycles. The number of carbonyl (C=O) groups excluding carboxylic acids is 4. The molecule has 4 amide bonds. The number of hydrogen-bond acceptors (Lipinski definition) is 7. The van der Waals surface area contributed by atoms with E-state index in [0.717, 1.165) is 91.4 Å². The first kappa shape index (κ1) is 37.3. The van der Waals surface area contributed by atoms with Crippen LogP contribution in [0.15, 0.2) is 97.1 Å². The molecule has 0 bridgehead atoms. The molecule has 10 nitrogen and oxygen atoms in total. The van der Waals surface area contributed by atoms with E-state index in [2.05, 4.69) is 75.8 Å². The van der Waals surface area contributed by atoms with Crippen molar-refractivity contribution in [1.82, 2.24) is 20.0 Å². The van der Waals surface area contributed by atoms with E-state index in [1.807, 2.05) is 35.2 Å². The Morgan fingerprint density at radius 2 is 1.44 bits per heavy atom. The fraction of sp³-hybridized carbons (Fsp3) is 0.347. The maximum atomic E-state index is 13.8. The molecule has 5 aliphatic rings. The Hall–Kier alpha value is -6.00. The zero-order chi connectivity index (χ0) is 40.2. The lowest BCUT2D eigenvalue weighted by Crippen LogP contribution is -2.52. The quantitative estimate of drug-likeness (QED) is 0.169. The number of hydrogen-bond donors (Lipinski definition) is 2. The Kier molecular flexibility index (Phi) is 9.67. The molecule has 0 aliphatic carbocycles. The monoisotopic (exact) mass is 787 g/mol. The van der Waals surface area contributed by atoms with Gasteiger partial charge in [0.1, 0.15) is 11.8 Å². The minimum Gasteiger partial charge on any atom is -0.508 e. The summed E-state index contributed by atoms with van der Waals surface area (Å²) in [6.45, 7) is 6.44. The number of likely N-dealkylation sites (tertiary alicyclic amines) is 1. The fourth-order valence-electron chi connectivity index (χ4n) is 10.3. The maximum Gasteiger partial charge on any atom is 0.255 e. The molecular formula is C49H49N5O5. The molecule has 0 radical (unpaired) electrons. The molecule has 0 saturated carbocycles. The Morgan fingerprint density at radius 3 is 2.19 bits per heavy atom. The van der Waals surface area contributed by atoms with E-state index in [0.29, 0.717) is 37.5 Å². The number of phenolic OH excluding ortho intramolecular Hbond substituents is 1. The van der Waals surface area contributed by atoms with Gasteiger partial charge in [0.05, 0.1) is 0 Å². The SMILES string of the molecule is O=C1CCC(N2Cc3cc4c(cc3C2=O)CN(C(=O)C2CCN(CC3CCN(c5ccc(-c6c(-c7ccccc7)ccc7cc(O)ccc67)cc5)CC3)CC2)C4)C(=O)N1. The van der Waals surface area contributed by atoms with E-state index in [9.17, 15) is 24.3 Å². The van der Waals surface area contributed by atoms with Gasteiger partial charge in [0, 0.05) is 62.9 Å². The lowest BCUT2D eigenvalue weighted by molar-refractivity contribution is -0.138. The third-order valence-electron chi connectivity index (χ3n) is 13.6. The molecule has 3 saturated heterocycles. The van der Waals surface area contributed by atoms with Crippen LogP contribution in [0.4, 0.5) is 5.69 Å². The molecule has 59 heavy (non-hydrogen) atoms. The van der Waals surface area contributed by atoms with E-state index in [1.165, 1.54) is 22.4 Å². The van der Waals surface area contributed by atoms with Crippen molar-refractivity contribution in [3.05, 3.63) is 119 Å². The first-order chi connectivity index (χ1) is 28.8. The highest BCUT2D eigenvalue weighted by molar-refractivity contribution is 6.06. The number of imide groups is 1. The summed E-state index contributed by atoms with van der Waals surface area (Å²) in [7, 11) is 0. The van der Waals surface area contributed by atoms with Gasteiger partial charge in [0.2, 0.25) is 17.7 Å². The van der Waals surface area contributed by atoms with Crippen LogP contribution in [-0.2, 0) is 34.0 Å². The standard InChI is InChI=1S/C49H49N5O5/c55-40-11-13-42-35(25-40)8-12-41(32-4-2-1-3-5-32)46(42)33-6-9-39(10-7-33)52-22-16-31(17-23-52)27-51-20-18-34(19-21-51)48(58)53-28-36-24-38-30-54(44-14-15-45(56)50-47(44)57)49(59)43(38)26-37(36)29-53/h1-13,24-26,31,34,44,55H,14-23,27-30H2,(H,50,56,57). The van der Waals surface area contributed by atoms with Gasteiger partial charge < -0.3 is 24.7 Å². The zero-order valence-electron chi connectivity index (χ0n) is 33.2. The summed E-state index contributed by atoms with van der Waals surface area (Å²) < 4.78 is 0. The van der Waals surface area contributed by atoms with Crippen molar-refractivity contribution in [2.75, 3.05) is 37.6 Å². The number of carbonyl (C=O) groups is 4. The zero-order valence-corrected chi connectivity index (χ0v) is 33.2. The van der Waals surface area contributed by atoms with E-state index in [1.54, 1.807) is 11.0 Å². The normalized spacial score (nSPS) is 20.3. The molecule has 0 aromatic heterocycles. The van der Waals surface area contributed by atoms with Crippen molar-refractivity contribution in [3.63, 3.8) is 0 Å². The highest BCUT2D eigenvalue weighted by atomic mass is 16.3. The van der Waals surface area contributed by atoms with Crippen LogP contribution in [0, 0.1) is 11.8 Å². The van der Waals surface area contributed by atoms with Gasteiger partial charge in [0.25, 0.3) is 5.91 Å². The fourth-order valence-corrected chi connectivity index (χ4v) is 10.3. The van der Waals surface area contributed by atoms with Crippen LogP contribution in [-0.4, -0.2) is 82.2 Å². The first-order valence-electron chi connectivity index (χ1n) is 21.2. The molecule has 5 aromatic rings. The summed E-state index contributed by atoms with van der Waals surface area (Å²) in [5, 5.41) is 14.7. The number of amides is 4. The second-order valence-corrected chi connectivity index (χ2v) is 17.2. The van der Waals surface area contributed by atoms with Crippen molar-refractivity contribution in [3.8, 4) is 28.0 Å². The number of aromatic hydroxyl groups is 1. The number of piperidine rings is 3. The van der Waals surface area contributed by atoms with Crippen LogP contribution in [0.2, 0.25) is 0 Å². The van der Waals surface area contributed by atoms with Gasteiger partial charge in [0.15, 0.2) is 0 Å². The number of benzene rings is 5. The molecule has 1 unspecified atom stereocenters. The molecule has 300 valence electrons. The third kappa shape index (κ3) is 7.13. The summed E-state index contributed by atoms with van der Waals surface area (Å²) >= 11 is 0. The van der Waals surface area contributed by atoms with Crippen LogP contribution >= 0.6 is 0 Å². The summed E-state index contributed by atoms with van der Waals surface area (Å²) in [6, 6.07) is 32.7. The minimum absolute atomic E-state index is 0.0201. The van der Waals surface area contributed by atoms with Gasteiger partial charge in [-0.1, -0.05) is 66.7 Å². The summed E-state index contributed by atoms with van der Waals surface area (Å²) in [4.78, 5) is 59.9. The smallest absolute Gasteiger partial charge is 0.255 e. The molecule has 5 aliphatic heterocycles. The van der Waals surface area contributed by atoms with E-state index in [4.69, 9.17) is 0 Å². The van der Waals surface area contributed by atoms with Crippen LogP contribution in [0.25, 0.3) is 33.0 Å². The Bertz CT molecular complexity index is 2470. The second-order valence-electron chi connectivity index (χ2n) is 17.2. The second kappa shape index (κ2) is 15.3. The highest BCUT2D eigenvalue weighted by Gasteiger charge is 2.41. The Labute approximate surface area is 344 Å². The van der Waals surface area contributed by atoms with Crippen molar-refractivity contribution in [2.45, 2.75) is 64.2 Å². The topological polar surface area (TPSA) is 114 Å². The summed E-state index contributed by atoms with van der Waals surface area (Å²) in [5.41, 5.74) is 9.53. The van der Waals surface area contributed by atoms with Crippen LogP contribution in [0.1, 0.15) is 65.6 Å². The Morgan fingerprint density at radius 1 is 0.695 bits per heavy atom.